The van der Waals surface area contributed by atoms with Crippen LogP contribution in [-0.2, 0) is 19.1 Å². The molecule has 11 heteroatoms. The number of nitrogens with one attached hydrogen (secondary N) is 1. The third-order valence-corrected chi connectivity index (χ3v) is 4.47. The Morgan fingerprint density at radius 1 is 1.10 bits per heavy atom. The van der Waals surface area contributed by atoms with Crippen molar-refractivity contribution in [2.45, 2.75) is 32.9 Å². The van der Waals surface area contributed by atoms with Crippen molar-refractivity contribution in [3.05, 3.63) is 46.3 Å². The Kier molecular flexibility index (Phi) is 5.81. The maximum atomic E-state index is 13.9. The van der Waals surface area contributed by atoms with E-state index in [0.717, 1.165) is 0 Å². The number of carbonyl (C=O) groups is 2. The fraction of sp³-hybridized carbons (Fsp3) is 0.368. The second-order valence-electron chi connectivity index (χ2n) is 6.30. The average molecular weight is 425 g/mol. The number of benzene rings is 1. The van der Waals surface area contributed by atoms with Gasteiger partial charge in [-0.1, -0.05) is 12.1 Å². The predicted octanol–water partition coefficient (Wildman–Crippen LogP) is 3.13. The van der Waals surface area contributed by atoms with Crippen molar-refractivity contribution >= 4 is 23.0 Å². The van der Waals surface area contributed by atoms with Crippen molar-refractivity contribution in [1.82, 2.24) is 15.6 Å². The van der Waals surface area contributed by atoms with Crippen molar-refractivity contribution in [2.75, 3.05) is 13.2 Å². The van der Waals surface area contributed by atoms with E-state index in [9.17, 15) is 22.8 Å². The second kappa shape index (κ2) is 8.17. The van der Waals surface area contributed by atoms with E-state index in [1.54, 1.807) is 6.92 Å². The van der Waals surface area contributed by atoms with Crippen LogP contribution in [0.3, 0.4) is 0 Å². The molecule has 1 aliphatic heterocycles. The number of halogens is 3. The zero-order valence-corrected chi connectivity index (χ0v) is 16.3. The van der Waals surface area contributed by atoms with Gasteiger partial charge in [-0.2, -0.15) is 13.2 Å². The maximum absolute atomic E-state index is 13.9. The normalized spacial score (nSPS) is 17.2. The molecule has 0 aliphatic carbocycles. The Hall–Kier alpha value is -3.37. The molecule has 1 aromatic carbocycles. The number of aromatic nitrogens is 2. The summed E-state index contributed by atoms with van der Waals surface area (Å²) in [6.45, 7) is 4.15. The number of rotatable bonds is 5. The number of hydrogen-bond acceptors (Lipinski definition) is 8. The van der Waals surface area contributed by atoms with Gasteiger partial charge in [0.1, 0.15) is 16.7 Å². The van der Waals surface area contributed by atoms with E-state index in [0.29, 0.717) is 0 Å². The third kappa shape index (κ3) is 3.74. The number of nitrogens with zero attached hydrogens (tertiary/aromatic N) is 2. The third-order valence-electron chi connectivity index (χ3n) is 4.47. The fourth-order valence-electron chi connectivity index (χ4n) is 3.33. The largest absolute Gasteiger partial charge is 0.463 e. The van der Waals surface area contributed by atoms with Crippen LogP contribution in [0.4, 0.5) is 13.2 Å². The van der Waals surface area contributed by atoms with Crippen molar-refractivity contribution < 1.29 is 36.9 Å². The molecule has 1 aromatic heterocycles. The molecule has 0 saturated carbocycles. The minimum absolute atomic E-state index is 0.0113. The Labute approximate surface area is 168 Å². The number of alkyl halides is 3. The topological polar surface area (TPSA) is 104 Å². The van der Waals surface area contributed by atoms with Crippen LogP contribution in [0.1, 0.15) is 32.3 Å². The van der Waals surface area contributed by atoms with Gasteiger partial charge in [0.2, 0.25) is 0 Å². The van der Waals surface area contributed by atoms with Gasteiger partial charge >= 0.3 is 18.1 Å². The molecule has 2 aromatic rings. The lowest BCUT2D eigenvalue weighted by Gasteiger charge is -2.32. The van der Waals surface area contributed by atoms with Crippen molar-refractivity contribution in [3.63, 3.8) is 0 Å². The maximum Gasteiger partial charge on any atom is 0.431 e. The zero-order chi connectivity index (χ0) is 22.1. The van der Waals surface area contributed by atoms with Gasteiger partial charge < -0.3 is 14.8 Å². The van der Waals surface area contributed by atoms with Gasteiger partial charge in [-0.05, 0) is 42.7 Å². The molecule has 0 amide bonds. The molecule has 2 heterocycles. The molecule has 30 heavy (non-hydrogen) atoms. The number of hydrogen-bond donors (Lipinski definition) is 1. The van der Waals surface area contributed by atoms with Crippen LogP contribution in [0.2, 0.25) is 0 Å². The SMILES string of the molecule is CCOC(=O)C1=C(C)NC(C(F)(F)F)=C(C(=O)OCC)C1c1cccc2nonc12. The molecule has 8 nitrogen and oxygen atoms in total. The summed E-state index contributed by atoms with van der Waals surface area (Å²) in [6.07, 6.45) is -4.92. The smallest absolute Gasteiger partial charge is 0.431 e. The molecule has 3 rings (SSSR count). The molecule has 0 spiro atoms. The van der Waals surface area contributed by atoms with Crippen LogP contribution >= 0.6 is 0 Å². The number of esters is 2. The summed E-state index contributed by atoms with van der Waals surface area (Å²) in [5.74, 6) is -3.55. The van der Waals surface area contributed by atoms with Gasteiger partial charge in [0.25, 0.3) is 0 Å². The lowest BCUT2D eigenvalue weighted by molar-refractivity contribution is -0.141. The van der Waals surface area contributed by atoms with Gasteiger partial charge in [0.05, 0.1) is 30.3 Å². The van der Waals surface area contributed by atoms with Crippen LogP contribution < -0.4 is 5.32 Å². The first-order valence-electron chi connectivity index (χ1n) is 9.05. The van der Waals surface area contributed by atoms with Crippen molar-refractivity contribution in [2.24, 2.45) is 0 Å². The zero-order valence-electron chi connectivity index (χ0n) is 16.3. The van der Waals surface area contributed by atoms with Crippen LogP contribution in [0.15, 0.2) is 45.4 Å². The first-order valence-corrected chi connectivity index (χ1v) is 9.05. The van der Waals surface area contributed by atoms with Crippen molar-refractivity contribution in [3.8, 4) is 0 Å². The fourth-order valence-corrected chi connectivity index (χ4v) is 3.33. The van der Waals surface area contributed by atoms with E-state index in [4.69, 9.17) is 14.1 Å². The Bertz CT molecular complexity index is 1060. The molecule has 0 radical (unpaired) electrons. The molecule has 1 atom stereocenters. The summed E-state index contributed by atoms with van der Waals surface area (Å²) in [6, 6.07) is 4.50. The Balaban J connectivity index is 2.35. The molecule has 160 valence electrons. The molecular formula is C19H18F3N3O5. The van der Waals surface area contributed by atoms with Gasteiger partial charge in [0.15, 0.2) is 0 Å². The summed E-state index contributed by atoms with van der Waals surface area (Å²) in [5, 5.41) is 9.58. The standard InChI is InChI=1S/C19H18F3N3O5/c1-4-28-17(26)12-9(3)23-16(19(20,21)22)14(18(27)29-5-2)13(12)10-7-6-8-11-15(10)25-30-24-11/h6-8,13,23H,4-5H2,1-3H3. The highest BCUT2D eigenvalue weighted by molar-refractivity contribution is 6.01. The quantitative estimate of drug-likeness (QED) is 0.729. The summed E-state index contributed by atoms with van der Waals surface area (Å²) >= 11 is 0. The molecule has 0 fully saturated rings. The van der Waals surface area contributed by atoms with Crippen molar-refractivity contribution in [1.29, 1.82) is 0 Å². The number of ether oxygens (including phenoxy) is 2. The molecule has 0 saturated heterocycles. The Morgan fingerprint density at radius 2 is 1.73 bits per heavy atom. The lowest BCUT2D eigenvalue weighted by atomic mass is 9.79. The minimum Gasteiger partial charge on any atom is -0.463 e. The highest BCUT2D eigenvalue weighted by Crippen LogP contribution is 2.44. The van der Waals surface area contributed by atoms with Gasteiger partial charge in [-0.15, -0.1) is 0 Å². The highest BCUT2D eigenvalue weighted by atomic mass is 19.4. The lowest BCUT2D eigenvalue weighted by Crippen LogP contribution is -2.38. The monoisotopic (exact) mass is 425 g/mol. The molecule has 1 N–H and O–H groups in total. The van der Waals surface area contributed by atoms with E-state index in [1.165, 1.54) is 32.0 Å². The second-order valence-corrected chi connectivity index (χ2v) is 6.30. The first kappa shape index (κ1) is 21.3. The minimum atomic E-state index is -4.92. The molecule has 1 aliphatic rings. The summed E-state index contributed by atoms with van der Waals surface area (Å²) in [5.41, 5.74) is -1.86. The van der Waals surface area contributed by atoms with E-state index < -0.39 is 35.3 Å². The van der Waals surface area contributed by atoms with Gasteiger partial charge in [-0.3, -0.25) is 0 Å². The molecule has 1 unspecified atom stereocenters. The number of dihydropyridines is 1. The summed E-state index contributed by atoms with van der Waals surface area (Å²) in [7, 11) is 0. The van der Waals surface area contributed by atoms with E-state index >= 15 is 0 Å². The van der Waals surface area contributed by atoms with Gasteiger partial charge in [0, 0.05) is 5.70 Å². The summed E-state index contributed by atoms with van der Waals surface area (Å²) < 4.78 is 56.3. The average Bonchev–Trinajstić information content (AvgIpc) is 3.15. The van der Waals surface area contributed by atoms with E-state index in [2.05, 4.69) is 15.6 Å². The highest BCUT2D eigenvalue weighted by Gasteiger charge is 2.48. The van der Waals surface area contributed by atoms with Gasteiger partial charge in [-0.25, -0.2) is 14.2 Å². The van der Waals surface area contributed by atoms with Crippen LogP contribution in [0.5, 0.6) is 0 Å². The number of allylic oxidation sites excluding steroid dienone is 2. The van der Waals surface area contributed by atoms with Crippen LogP contribution in [0.25, 0.3) is 11.0 Å². The summed E-state index contributed by atoms with van der Waals surface area (Å²) in [4.78, 5) is 25.4. The Morgan fingerprint density at radius 3 is 2.33 bits per heavy atom. The van der Waals surface area contributed by atoms with E-state index in [1.807, 2.05) is 0 Å². The van der Waals surface area contributed by atoms with E-state index in [-0.39, 0.29) is 41.1 Å². The molecular weight excluding hydrogens is 407 g/mol. The number of carbonyl (C=O) groups excluding carboxylic acids is 2. The van der Waals surface area contributed by atoms with Crippen LogP contribution in [0, 0.1) is 0 Å². The number of fused-ring (bicyclic) bond motifs is 1. The van der Waals surface area contributed by atoms with Crippen LogP contribution in [-0.4, -0.2) is 41.6 Å². The molecule has 0 bridgehead atoms. The predicted molar refractivity (Wildman–Crippen MR) is 96.7 cm³/mol. The first-order chi connectivity index (χ1) is 14.2.